The number of rotatable bonds is 5. The van der Waals surface area contributed by atoms with Crippen LogP contribution in [0.4, 0.5) is 15.8 Å². The number of carbonyl (C=O) groups is 5. The normalized spacial score (nSPS) is 27.9. The number of phenolic OH excluding ortho intramolecular Hbond substituents is 1. The lowest BCUT2D eigenvalue weighted by Gasteiger charge is -2.49. The molecular formula is C35H27BrClFN2O8. The summed E-state index contributed by atoms with van der Waals surface area (Å²) < 4.78 is 20.1. The van der Waals surface area contributed by atoms with Gasteiger partial charge in [0.2, 0.25) is 23.6 Å². The summed E-state index contributed by atoms with van der Waals surface area (Å²) in [4.78, 5) is 70.7. The third-order valence-electron chi connectivity index (χ3n) is 10.4. The van der Waals surface area contributed by atoms with Gasteiger partial charge < -0.3 is 14.9 Å². The van der Waals surface area contributed by atoms with Crippen molar-refractivity contribution in [1.29, 1.82) is 0 Å². The fourth-order valence-electron chi connectivity index (χ4n) is 8.23. The number of imide groups is 2. The van der Waals surface area contributed by atoms with Crippen LogP contribution in [0.2, 0.25) is 5.02 Å². The van der Waals surface area contributed by atoms with E-state index in [0.717, 1.165) is 15.9 Å². The van der Waals surface area contributed by atoms with E-state index >= 15 is 0 Å². The van der Waals surface area contributed by atoms with Crippen molar-refractivity contribution in [2.75, 3.05) is 16.9 Å². The number of hydrogen-bond acceptors (Lipinski definition) is 7. The molecule has 3 aromatic rings. The number of phenols is 1. The number of nitrogens with zero attached hydrogens (tertiary/aromatic N) is 2. The van der Waals surface area contributed by atoms with Crippen LogP contribution < -0.4 is 14.5 Å². The van der Waals surface area contributed by atoms with Gasteiger partial charge in [0.15, 0.2) is 11.5 Å². The third-order valence-corrected chi connectivity index (χ3v) is 11.1. The van der Waals surface area contributed by atoms with E-state index in [1.54, 1.807) is 19.1 Å². The maximum Gasteiger partial charge on any atom is 0.335 e. The Balaban J connectivity index is 1.39. The molecule has 1 saturated carbocycles. The molecule has 2 N–H and O–H groups in total. The molecule has 3 aromatic carbocycles. The molecule has 4 aliphatic rings. The van der Waals surface area contributed by atoms with Gasteiger partial charge in [0.1, 0.15) is 5.82 Å². The van der Waals surface area contributed by atoms with E-state index in [1.165, 1.54) is 43.5 Å². The Morgan fingerprint density at radius 3 is 2.42 bits per heavy atom. The number of aromatic hydroxyl groups is 1. The summed E-state index contributed by atoms with van der Waals surface area (Å²) in [5.74, 6) is -8.66. The summed E-state index contributed by atoms with van der Waals surface area (Å²) in [6.07, 6.45) is 1.99. The van der Waals surface area contributed by atoms with Gasteiger partial charge in [-0.1, -0.05) is 45.2 Å². The number of aromatic carboxylic acids is 1. The summed E-state index contributed by atoms with van der Waals surface area (Å²) in [5.41, 5.74) is -0.478. The smallest absolute Gasteiger partial charge is 0.335 e. The van der Waals surface area contributed by atoms with Crippen molar-refractivity contribution in [2.24, 2.45) is 29.1 Å². The van der Waals surface area contributed by atoms with Gasteiger partial charge in [0.25, 0.3) is 0 Å². The first-order valence-corrected chi connectivity index (χ1v) is 16.3. The zero-order chi connectivity index (χ0) is 34.4. The van der Waals surface area contributed by atoms with Crippen LogP contribution >= 0.6 is 27.5 Å². The third kappa shape index (κ3) is 4.45. The van der Waals surface area contributed by atoms with Crippen LogP contribution in [0.3, 0.4) is 0 Å². The zero-order valence-electron chi connectivity index (χ0n) is 25.4. The molecule has 4 amide bonds. The number of halogens is 3. The number of methoxy groups -OCH3 is 1. The van der Waals surface area contributed by atoms with Crippen LogP contribution in [-0.2, 0) is 19.2 Å². The molecule has 2 aliphatic carbocycles. The number of hydrogen-bond donors (Lipinski definition) is 2. The van der Waals surface area contributed by atoms with Crippen LogP contribution in [0, 0.1) is 34.9 Å². The van der Waals surface area contributed by atoms with Gasteiger partial charge in [-0.15, -0.1) is 0 Å². The predicted molar refractivity (Wildman–Crippen MR) is 174 cm³/mol. The number of carboxylic acid groups (broad SMARTS) is 1. The molecule has 0 unspecified atom stereocenters. The molecular weight excluding hydrogens is 711 g/mol. The lowest BCUT2D eigenvalue weighted by atomic mass is 9.51. The first kappa shape index (κ1) is 32.0. The minimum Gasteiger partial charge on any atom is -0.504 e. The standard InChI is InChI=1S/C35H27BrClFN2O8/c1-35-23(31(43)40(34(35)47)18-6-9-25(38)24(37)13-18)14-21-19(28(35)22-11-16(36)12-26(48-2)29(22)41)7-8-20-27(21)32(44)39(30(20)42)17-5-3-4-15(10-17)33(45)46/h3-7,9-13,20-21,23,27-28,41H,8,14H2,1-2H3,(H,45,46)/t20-,21+,23-,27-,28+,35+/m0/s1. The molecule has 48 heavy (non-hydrogen) atoms. The van der Waals surface area contributed by atoms with Crippen molar-refractivity contribution in [3.8, 4) is 11.5 Å². The number of anilines is 2. The summed E-state index contributed by atoms with van der Waals surface area (Å²) >= 11 is 9.53. The van der Waals surface area contributed by atoms with E-state index in [9.17, 15) is 38.6 Å². The fraction of sp³-hybridized carbons (Fsp3) is 0.286. The molecule has 246 valence electrons. The van der Waals surface area contributed by atoms with Gasteiger partial charge >= 0.3 is 5.97 Å². The molecule has 2 saturated heterocycles. The molecule has 2 aliphatic heterocycles. The highest BCUT2D eigenvalue weighted by Gasteiger charge is 2.68. The lowest BCUT2D eigenvalue weighted by molar-refractivity contribution is -0.131. The second-order valence-electron chi connectivity index (χ2n) is 12.7. The number of fused-ring (bicyclic) bond motifs is 4. The number of ether oxygens (including phenoxy) is 1. The van der Waals surface area contributed by atoms with Crippen molar-refractivity contribution in [3.63, 3.8) is 0 Å². The van der Waals surface area contributed by atoms with Crippen LogP contribution in [0.25, 0.3) is 0 Å². The highest BCUT2D eigenvalue weighted by atomic mass is 79.9. The molecule has 3 fully saturated rings. The van der Waals surface area contributed by atoms with E-state index in [-0.39, 0.29) is 51.9 Å². The first-order valence-electron chi connectivity index (χ1n) is 15.1. The van der Waals surface area contributed by atoms with E-state index in [2.05, 4.69) is 15.9 Å². The predicted octanol–water partition coefficient (Wildman–Crippen LogP) is 6.09. The molecule has 13 heteroatoms. The Bertz CT molecular complexity index is 2020. The second kappa shape index (κ2) is 11.3. The minimum atomic E-state index is -1.49. The van der Waals surface area contributed by atoms with E-state index < -0.39 is 70.4 Å². The Labute approximate surface area is 286 Å². The summed E-state index contributed by atoms with van der Waals surface area (Å²) in [6, 6.07) is 12.3. The average molecular weight is 738 g/mol. The van der Waals surface area contributed by atoms with Gasteiger partial charge in [-0.2, -0.15) is 0 Å². The molecule has 7 rings (SSSR count). The molecule has 6 atom stereocenters. The largest absolute Gasteiger partial charge is 0.504 e. The van der Waals surface area contributed by atoms with Crippen molar-refractivity contribution in [3.05, 3.63) is 92.7 Å². The molecule has 0 spiro atoms. The van der Waals surface area contributed by atoms with Crippen molar-refractivity contribution in [2.45, 2.75) is 25.7 Å². The van der Waals surface area contributed by atoms with Crippen LogP contribution in [0.5, 0.6) is 11.5 Å². The van der Waals surface area contributed by atoms with E-state index in [1.807, 2.05) is 6.08 Å². The highest BCUT2D eigenvalue weighted by molar-refractivity contribution is 9.10. The monoisotopic (exact) mass is 736 g/mol. The molecule has 0 bridgehead atoms. The topological polar surface area (TPSA) is 142 Å². The van der Waals surface area contributed by atoms with Crippen molar-refractivity contribution >= 4 is 68.5 Å². The highest BCUT2D eigenvalue weighted by Crippen LogP contribution is 2.65. The van der Waals surface area contributed by atoms with Crippen LogP contribution in [0.15, 0.2) is 70.7 Å². The summed E-state index contributed by atoms with van der Waals surface area (Å²) in [6.45, 7) is 1.65. The molecule has 2 heterocycles. The quantitative estimate of drug-likeness (QED) is 0.237. The number of benzene rings is 3. The number of allylic oxidation sites excluding steroid dienone is 2. The van der Waals surface area contributed by atoms with Gasteiger partial charge in [0, 0.05) is 16.0 Å². The maximum atomic E-state index is 14.6. The maximum absolute atomic E-state index is 14.6. The molecule has 0 radical (unpaired) electrons. The SMILES string of the molecule is COc1cc(Br)cc([C@H]2C3=CC[C@@H]4C(=O)N(c5cccc(C(=O)O)c5)C(=O)[C@@H]4[C@@H]3C[C@H]3C(=O)N(c4ccc(F)c(Cl)c4)C(=O)[C@@]23C)c1O. The first-order chi connectivity index (χ1) is 22.8. The molecule has 10 nitrogen and oxygen atoms in total. The van der Waals surface area contributed by atoms with Gasteiger partial charge in [-0.25, -0.2) is 14.1 Å². The summed E-state index contributed by atoms with van der Waals surface area (Å²) in [7, 11) is 1.38. The summed E-state index contributed by atoms with van der Waals surface area (Å²) in [5, 5.41) is 20.8. The van der Waals surface area contributed by atoms with Crippen LogP contribution in [0.1, 0.15) is 41.6 Å². The number of carboxylic acids is 1. The van der Waals surface area contributed by atoms with E-state index in [0.29, 0.717) is 10.0 Å². The lowest BCUT2D eigenvalue weighted by Crippen LogP contribution is -2.49. The van der Waals surface area contributed by atoms with Gasteiger partial charge in [0.05, 0.1) is 52.2 Å². The van der Waals surface area contributed by atoms with E-state index in [4.69, 9.17) is 16.3 Å². The van der Waals surface area contributed by atoms with Crippen molar-refractivity contribution in [1.82, 2.24) is 0 Å². The Kier molecular flexibility index (Phi) is 7.52. The fourth-order valence-corrected chi connectivity index (χ4v) is 8.86. The average Bonchev–Trinajstić information content (AvgIpc) is 3.43. The second-order valence-corrected chi connectivity index (χ2v) is 14.0. The Morgan fingerprint density at radius 1 is 1.00 bits per heavy atom. The number of amides is 4. The zero-order valence-corrected chi connectivity index (χ0v) is 27.8. The Morgan fingerprint density at radius 2 is 1.73 bits per heavy atom. The van der Waals surface area contributed by atoms with Crippen LogP contribution in [-0.4, -0.2) is 46.9 Å². The van der Waals surface area contributed by atoms with Crippen molar-refractivity contribution < 1.29 is 43.3 Å². The van der Waals surface area contributed by atoms with Gasteiger partial charge in [-0.3, -0.25) is 24.1 Å². The number of carbonyl (C=O) groups excluding carboxylic acids is 4. The minimum absolute atomic E-state index is 0.0317. The molecule has 0 aromatic heterocycles. The van der Waals surface area contributed by atoms with Gasteiger partial charge in [-0.05, 0) is 74.2 Å². The Hall–Kier alpha value is -4.55.